The molecule has 13 nitrogen and oxygen atoms in total. The molecule has 4 rings (SSSR count). The molecule has 1 aliphatic heterocycles. The molecule has 1 amide bonds. The van der Waals surface area contributed by atoms with E-state index in [2.05, 4.69) is 25.7 Å². The minimum absolute atomic E-state index is 0.0190. The van der Waals surface area contributed by atoms with Crippen LogP contribution in [0.5, 0.6) is 5.75 Å². The van der Waals surface area contributed by atoms with Gasteiger partial charge in [-0.1, -0.05) is 18.2 Å². The molecule has 1 saturated heterocycles. The molecule has 1 atom stereocenters. The summed E-state index contributed by atoms with van der Waals surface area (Å²) in [7, 11) is 1.34. The van der Waals surface area contributed by atoms with Crippen LogP contribution < -0.4 is 26.4 Å². The SMILES string of the molecule is COC(=O)COCCCOCCCCCOc1ccc([C@H](C)NC(=O)c2cccc(NC3(C=N)CCNCC3)c2)cc1.N=C(N)c1ccncc1. The van der Waals surface area contributed by atoms with E-state index in [1.807, 2.05) is 49.4 Å². The van der Waals surface area contributed by atoms with Gasteiger partial charge in [0.15, 0.2) is 0 Å². The van der Waals surface area contributed by atoms with Gasteiger partial charge < -0.3 is 46.0 Å². The van der Waals surface area contributed by atoms with Crippen LogP contribution in [0.3, 0.4) is 0 Å². The van der Waals surface area contributed by atoms with Crippen molar-refractivity contribution in [3.8, 4) is 5.75 Å². The number of methoxy groups -OCH3 is 1. The van der Waals surface area contributed by atoms with E-state index < -0.39 is 0 Å². The molecule has 1 aromatic heterocycles. The Morgan fingerprint density at radius 1 is 0.941 bits per heavy atom. The van der Waals surface area contributed by atoms with E-state index in [4.69, 9.17) is 30.8 Å². The van der Waals surface area contributed by atoms with Crippen molar-refractivity contribution in [2.24, 2.45) is 5.73 Å². The summed E-state index contributed by atoms with van der Waals surface area (Å²) in [5, 5.41) is 24.8. The maximum Gasteiger partial charge on any atom is 0.331 e. The summed E-state index contributed by atoms with van der Waals surface area (Å²) in [5.74, 6) is 0.372. The van der Waals surface area contributed by atoms with Crippen LogP contribution in [0.25, 0.3) is 0 Å². The molecule has 0 aliphatic carbocycles. The number of esters is 1. The average Bonchev–Trinajstić information content (AvgIpc) is 3.16. The number of pyridine rings is 1. The second-order valence-electron chi connectivity index (χ2n) is 12.2. The number of ether oxygens (including phenoxy) is 4. The molecule has 2 heterocycles. The summed E-state index contributed by atoms with van der Waals surface area (Å²) in [6, 6.07) is 18.5. The van der Waals surface area contributed by atoms with Gasteiger partial charge in [-0.15, -0.1) is 0 Å². The van der Waals surface area contributed by atoms with E-state index in [9.17, 15) is 9.59 Å². The molecular weight excluding hydrogens is 650 g/mol. The first kappa shape index (κ1) is 40.6. The molecule has 1 aliphatic rings. The number of nitrogen functional groups attached to an aromatic ring is 1. The lowest BCUT2D eigenvalue weighted by molar-refractivity contribution is -0.146. The van der Waals surface area contributed by atoms with Crippen molar-refractivity contribution in [1.29, 1.82) is 10.8 Å². The highest BCUT2D eigenvalue weighted by molar-refractivity contribution is 5.95. The van der Waals surface area contributed by atoms with Gasteiger partial charge in [-0.05, 0) is 107 Å². The number of anilines is 1. The zero-order valence-corrected chi connectivity index (χ0v) is 29.7. The molecule has 0 saturated carbocycles. The minimum atomic E-state index is -0.378. The van der Waals surface area contributed by atoms with Crippen LogP contribution in [-0.4, -0.2) is 87.7 Å². The molecule has 276 valence electrons. The third-order valence-corrected chi connectivity index (χ3v) is 8.24. The van der Waals surface area contributed by atoms with Crippen LogP contribution in [0.15, 0.2) is 73.1 Å². The van der Waals surface area contributed by atoms with Gasteiger partial charge in [-0.3, -0.25) is 15.2 Å². The first-order valence-corrected chi connectivity index (χ1v) is 17.4. The van der Waals surface area contributed by atoms with E-state index in [1.165, 1.54) is 13.3 Å². The van der Waals surface area contributed by atoms with Crippen molar-refractivity contribution in [1.82, 2.24) is 15.6 Å². The lowest BCUT2D eigenvalue weighted by atomic mass is 9.89. The van der Waals surface area contributed by atoms with Gasteiger partial charge in [0.05, 0.1) is 25.3 Å². The molecule has 7 N–H and O–H groups in total. The van der Waals surface area contributed by atoms with E-state index in [0.717, 1.165) is 68.6 Å². The lowest BCUT2D eigenvalue weighted by Gasteiger charge is -2.35. The number of benzene rings is 2. The standard InChI is InChI=1S/C32H46N4O6.C6H7N3/c1-25(35-31(38)27-8-6-9-28(22-27)36-32(24-33)14-16-34-17-15-32)26-10-12-29(13-11-26)42-21-5-3-4-18-40-19-7-20-41-23-30(37)39-2;7-6(8)5-1-3-9-4-2-5/h6,8-13,22,24-25,33-34,36H,3-5,7,14-21,23H2,1-2H3,(H,35,38);1-4H,(H3,7,8)/t25-;/m0./s1. The lowest BCUT2D eigenvalue weighted by Crippen LogP contribution is -2.48. The molecule has 1 fully saturated rings. The van der Waals surface area contributed by atoms with Crippen molar-refractivity contribution in [3.05, 3.63) is 89.7 Å². The summed E-state index contributed by atoms with van der Waals surface area (Å²) >= 11 is 0. The van der Waals surface area contributed by atoms with Crippen molar-refractivity contribution < 1.29 is 28.5 Å². The van der Waals surface area contributed by atoms with Gasteiger partial charge >= 0.3 is 5.97 Å². The average molecular weight is 704 g/mol. The maximum absolute atomic E-state index is 13.0. The number of nitrogens with zero attached hydrogens (tertiary/aromatic N) is 1. The van der Waals surface area contributed by atoms with Crippen LogP contribution in [0.4, 0.5) is 5.69 Å². The predicted octanol–water partition coefficient (Wildman–Crippen LogP) is 4.87. The number of hydrogen-bond acceptors (Lipinski definition) is 11. The number of aromatic nitrogens is 1. The van der Waals surface area contributed by atoms with E-state index in [1.54, 1.807) is 30.6 Å². The Morgan fingerprint density at radius 2 is 1.63 bits per heavy atom. The van der Waals surface area contributed by atoms with E-state index in [-0.39, 0.29) is 35.9 Å². The summed E-state index contributed by atoms with van der Waals surface area (Å²) in [4.78, 5) is 27.7. The Bertz CT molecular complexity index is 1480. The molecule has 0 unspecified atom stereocenters. The number of hydrogen-bond donors (Lipinski definition) is 6. The van der Waals surface area contributed by atoms with Crippen molar-refractivity contribution in [3.63, 3.8) is 0 Å². The van der Waals surface area contributed by atoms with Crippen LogP contribution in [-0.2, 0) is 19.0 Å². The fourth-order valence-electron chi connectivity index (χ4n) is 5.20. The molecule has 2 aromatic carbocycles. The van der Waals surface area contributed by atoms with Crippen LogP contribution in [0, 0.1) is 10.8 Å². The molecule has 13 heteroatoms. The number of rotatable bonds is 20. The Hall–Kier alpha value is -4.85. The van der Waals surface area contributed by atoms with Crippen LogP contribution in [0.1, 0.15) is 73.0 Å². The zero-order valence-electron chi connectivity index (χ0n) is 29.7. The maximum atomic E-state index is 13.0. The molecule has 51 heavy (non-hydrogen) atoms. The van der Waals surface area contributed by atoms with Crippen LogP contribution >= 0.6 is 0 Å². The highest BCUT2D eigenvalue weighted by Gasteiger charge is 2.29. The first-order valence-electron chi connectivity index (χ1n) is 17.4. The minimum Gasteiger partial charge on any atom is -0.494 e. The largest absolute Gasteiger partial charge is 0.494 e. The van der Waals surface area contributed by atoms with Gasteiger partial charge in [-0.25, -0.2) is 4.79 Å². The number of amides is 1. The molecule has 0 spiro atoms. The number of nitrogens with two attached hydrogens (primary N) is 1. The fourth-order valence-corrected chi connectivity index (χ4v) is 5.20. The summed E-state index contributed by atoms with van der Waals surface area (Å²) < 4.78 is 21.1. The summed E-state index contributed by atoms with van der Waals surface area (Å²) in [6.07, 6.45) is 10.0. The van der Waals surface area contributed by atoms with E-state index in [0.29, 0.717) is 37.6 Å². The Balaban J connectivity index is 0.000000676. The Kier molecular flexibility index (Phi) is 18.1. The zero-order chi connectivity index (χ0) is 36.7. The second kappa shape index (κ2) is 22.8. The monoisotopic (exact) mass is 703 g/mol. The van der Waals surface area contributed by atoms with E-state index >= 15 is 0 Å². The second-order valence-corrected chi connectivity index (χ2v) is 12.2. The van der Waals surface area contributed by atoms with Crippen molar-refractivity contribution >= 4 is 29.6 Å². The number of carbonyl (C=O) groups is 2. The topological polar surface area (TPSA) is 194 Å². The third-order valence-electron chi connectivity index (χ3n) is 8.24. The van der Waals surface area contributed by atoms with Gasteiger partial charge in [-0.2, -0.15) is 0 Å². The number of nitrogens with one attached hydrogen (secondary N) is 5. The highest BCUT2D eigenvalue weighted by Crippen LogP contribution is 2.24. The quantitative estimate of drug-likeness (QED) is 0.0409. The Morgan fingerprint density at radius 3 is 2.29 bits per heavy atom. The molecule has 3 aromatic rings. The number of unbranched alkanes of at least 4 members (excludes halogenated alkanes) is 2. The Labute approximate surface area is 301 Å². The first-order chi connectivity index (χ1) is 24.7. The molecule has 0 radical (unpaired) electrons. The third kappa shape index (κ3) is 15.3. The van der Waals surface area contributed by atoms with Crippen LogP contribution in [0.2, 0.25) is 0 Å². The summed E-state index contributed by atoms with van der Waals surface area (Å²) in [6.45, 7) is 6.08. The number of piperidine rings is 1. The van der Waals surface area contributed by atoms with Gasteiger partial charge in [0.2, 0.25) is 0 Å². The normalized spacial score (nSPS) is 13.8. The van der Waals surface area contributed by atoms with Crippen molar-refractivity contribution in [2.45, 2.75) is 57.0 Å². The summed E-state index contributed by atoms with van der Waals surface area (Å²) in [5.41, 5.74) is 7.92. The molecule has 0 bridgehead atoms. The smallest absolute Gasteiger partial charge is 0.331 e. The van der Waals surface area contributed by atoms with Gasteiger partial charge in [0.25, 0.3) is 5.91 Å². The van der Waals surface area contributed by atoms with Crippen molar-refractivity contribution in [2.75, 3.05) is 58.6 Å². The molecular formula is C38H53N7O6. The van der Waals surface area contributed by atoms with Gasteiger partial charge in [0, 0.05) is 55.2 Å². The fraction of sp³-hybridized carbons (Fsp3) is 0.447. The predicted molar refractivity (Wildman–Crippen MR) is 199 cm³/mol. The van der Waals surface area contributed by atoms with Gasteiger partial charge in [0.1, 0.15) is 18.2 Å². The highest BCUT2D eigenvalue weighted by atomic mass is 16.6. The number of carbonyl (C=O) groups excluding carboxylic acids is 2. The number of amidine groups is 1.